The van der Waals surface area contributed by atoms with E-state index in [1.165, 1.54) is 29.9 Å². The fraction of sp³-hybridized carbons (Fsp3) is 0.588. The fourth-order valence-electron chi connectivity index (χ4n) is 3.24. The highest BCUT2D eigenvalue weighted by Crippen LogP contribution is 2.25. The van der Waals surface area contributed by atoms with Crippen LogP contribution in [0.4, 0.5) is 0 Å². The first-order valence-electron chi connectivity index (χ1n) is 8.27. The van der Waals surface area contributed by atoms with Crippen molar-refractivity contribution in [3.8, 4) is 5.75 Å². The van der Waals surface area contributed by atoms with Crippen molar-refractivity contribution in [3.63, 3.8) is 0 Å². The molecule has 0 amide bonds. The number of hydrogen-bond donors (Lipinski definition) is 3. The number of carboxylic acid groups (broad SMARTS) is 1. The van der Waals surface area contributed by atoms with E-state index in [0.717, 1.165) is 6.42 Å². The van der Waals surface area contributed by atoms with Crippen LogP contribution in [-0.4, -0.2) is 44.0 Å². The summed E-state index contributed by atoms with van der Waals surface area (Å²) < 4.78 is 5.66. The van der Waals surface area contributed by atoms with Crippen LogP contribution >= 0.6 is 0 Å². The average Bonchev–Trinajstić information content (AvgIpc) is 2.40. The highest BCUT2D eigenvalue weighted by Gasteiger charge is 2.28. The highest BCUT2D eigenvalue weighted by molar-refractivity contribution is 6.94. The molecule has 0 saturated carbocycles. The van der Waals surface area contributed by atoms with Crippen molar-refractivity contribution in [2.45, 2.75) is 57.2 Å². The minimum atomic E-state index is -1.71. The molecule has 7 heteroatoms. The van der Waals surface area contributed by atoms with E-state index in [9.17, 15) is 15.0 Å². The molecular weight excluding hydrogens is 340 g/mol. The van der Waals surface area contributed by atoms with Gasteiger partial charge in [0.1, 0.15) is 5.75 Å². The van der Waals surface area contributed by atoms with Crippen LogP contribution in [0.3, 0.4) is 0 Å². The van der Waals surface area contributed by atoms with Gasteiger partial charge >= 0.3 is 5.97 Å². The second kappa shape index (κ2) is 8.29. The maximum Gasteiger partial charge on any atom is 0.335 e. The first-order chi connectivity index (χ1) is 10.9. The molecule has 0 aliphatic rings. The van der Waals surface area contributed by atoms with E-state index in [4.69, 9.17) is 9.84 Å². The molecule has 0 spiro atoms. The molecule has 1 aromatic rings. The van der Waals surface area contributed by atoms with E-state index < -0.39 is 28.4 Å². The van der Waals surface area contributed by atoms with Gasteiger partial charge in [-0.1, -0.05) is 44.4 Å². The molecule has 1 aromatic carbocycles. The molecule has 24 heavy (non-hydrogen) atoms. The van der Waals surface area contributed by atoms with Crippen molar-refractivity contribution in [2.75, 3.05) is 6.61 Å². The molecule has 3 N–H and O–H groups in total. The summed E-state index contributed by atoms with van der Waals surface area (Å²) in [5, 5.41) is 27.6. The molecule has 0 bridgehead atoms. The van der Waals surface area contributed by atoms with Gasteiger partial charge < -0.3 is 20.1 Å². The standard InChI is InChI=1S/C17H30O5Si2/c1-23(2,3)12-24(4,5)8-6-7-22-15-10-13(16(18)19)9-14(11-15)17(20)21/h9-11,16,18-19H,6-8,12H2,1-5H3,(H,20,21). The van der Waals surface area contributed by atoms with Gasteiger partial charge in [-0.25, -0.2) is 4.79 Å². The van der Waals surface area contributed by atoms with E-state index in [-0.39, 0.29) is 11.1 Å². The van der Waals surface area contributed by atoms with Crippen LogP contribution in [0.25, 0.3) is 0 Å². The molecule has 136 valence electrons. The first kappa shape index (κ1) is 20.9. The maximum absolute atomic E-state index is 11.1. The lowest BCUT2D eigenvalue weighted by molar-refractivity contribution is -0.0426. The Hall–Kier alpha value is -1.16. The molecule has 0 aliphatic heterocycles. The Morgan fingerprint density at radius 3 is 2.25 bits per heavy atom. The van der Waals surface area contributed by atoms with Crippen molar-refractivity contribution in [2.24, 2.45) is 0 Å². The number of carboxylic acids is 1. The third-order valence-corrected chi connectivity index (χ3v) is 13.5. The van der Waals surface area contributed by atoms with Gasteiger partial charge in [0.25, 0.3) is 0 Å². The summed E-state index contributed by atoms with van der Waals surface area (Å²) in [5.41, 5.74) is 1.50. The molecule has 5 nitrogen and oxygen atoms in total. The maximum atomic E-state index is 11.1. The lowest BCUT2D eigenvalue weighted by Gasteiger charge is -2.29. The lowest BCUT2D eigenvalue weighted by atomic mass is 10.1. The number of hydrogen-bond acceptors (Lipinski definition) is 4. The Balaban J connectivity index is 2.63. The Bertz CT molecular complexity index is 565. The van der Waals surface area contributed by atoms with Gasteiger partial charge in [-0.3, -0.25) is 0 Å². The second-order valence-corrected chi connectivity index (χ2v) is 19.7. The third kappa shape index (κ3) is 7.61. The van der Waals surface area contributed by atoms with Crippen molar-refractivity contribution < 1.29 is 24.9 Å². The van der Waals surface area contributed by atoms with Crippen LogP contribution < -0.4 is 4.74 Å². The minimum Gasteiger partial charge on any atom is -0.494 e. The lowest BCUT2D eigenvalue weighted by Crippen LogP contribution is -2.37. The Kier molecular flexibility index (Phi) is 7.21. The summed E-state index contributed by atoms with van der Waals surface area (Å²) in [6, 6.07) is 5.30. The molecule has 0 aromatic heterocycles. The summed E-state index contributed by atoms with van der Waals surface area (Å²) in [6.07, 6.45) is -0.785. The van der Waals surface area contributed by atoms with Gasteiger partial charge in [0.2, 0.25) is 0 Å². The van der Waals surface area contributed by atoms with Crippen LogP contribution in [0.5, 0.6) is 5.75 Å². The number of rotatable bonds is 9. The van der Waals surface area contributed by atoms with Crippen LogP contribution in [0.1, 0.15) is 28.6 Å². The molecule has 0 radical (unpaired) electrons. The molecule has 0 saturated heterocycles. The summed E-state index contributed by atoms with van der Waals surface area (Å²) in [5.74, 6) is -0.756. The third-order valence-electron chi connectivity index (χ3n) is 3.75. The van der Waals surface area contributed by atoms with Gasteiger partial charge in [-0.15, -0.1) is 0 Å². The summed E-state index contributed by atoms with van der Waals surface area (Å²) in [6.45, 7) is 12.5. The van der Waals surface area contributed by atoms with Crippen molar-refractivity contribution >= 4 is 22.1 Å². The van der Waals surface area contributed by atoms with Crippen molar-refractivity contribution in [1.29, 1.82) is 0 Å². The summed E-state index contributed by atoms with van der Waals surface area (Å²) >= 11 is 0. The fourth-order valence-corrected chi connectivity index (χ4v) is 16.5. The number of aromatic carboxylic acids is 1. The van der Waals surface area contributed by atoms with E-state index in [2.05, 4.69) is 32.7 Å². The number of benzene rings is 1. The van der Waals surface area contributed by atoms with Crippen molar-refractivity contribution in [3.05, 3.63) is 29.3 Å². The Labute approximate surface area is 146 Å². The number of aliphatic hydroxyl groups is 2. The molecule has 0 atom stereocenters. The quantitative estimate of drug-likeness (QED) is 0.350. The molecule has 0 fully saturated rings. The largest absolute Gasteiger partial charge is 0.494 e. The normalized spacial score (nSPS) is 12.5. The molecule has 0 unspecified atom stereocenters. The topological polar surface area (TPSA) is 87.0 Å². The van der Waals surface area contributed by atoms with Crippen LogP contribution in [0.15, 0.2) is 18.2 Å². The Morgan fingerprint density at radius 2 is 1.75 bits per heavy atom. The zero-order valence-corrected chi connectivity index (χ0v) is 17.3. The minimum absolute atomic E-state index is 0.0102. The number of aliphatic hydroxyl groups excluding tert-OH is 1. The number of ether oxygens (including phenoxy) is 1. The molecule has 1 rings (SSSR count). The van der Waals surface area contributed by atoms with Gasteiger partial charge in [-0.05, 0) is 24.6 Å². The Morgan fingerprint density at radius 1 is 1.12 bits per heavy atom. The summed E-state index contributed by atoms with van der Waals surface area (Å²) in [4.78, 5) is 11.1. The van der Waals surface area contributed by atoms with Gasteiger partial charge in [0.15, 0.2) is 6.29 Å². The predicted octanol–water partition coefficient (Wildman–Crippen LogP) is 3.72. The number of carbonyl (C=O) groups is 1. The predicted molar refractivity (Wildman–Crippen MR) is 101 cm³/mol. The van der Waals surface area contributed by atoms with E-state index in [1.54, 1.807) is 0 Å². The average molecular weight is 371 g/mol. The van der Waals surface area contributed by atoms with Crippen LogP contribution in [0.2, 0.25) is 44.4 Å². The molecule has 0 aliphatic carbocycles. The van der Waals surface area contributed by atoms with E-state index in [1.807, 2.05) is 0 Å². The zero-order chi connectivity index (χ0) is 18.5. The van der Waals surface area contributed by atoms with Crippen LogP contribution in [-0.2, 0) is 0 Å². The SMILES string of the molecule is C[Si](C)(C)C[Si](C)(C)CCCOc1cc(C(=O)O)cc(C(O)O)c1. The smallest absolute Gasteiger partial charge is 0.335 e. The highest BCUT2D eigenvalue weighted by atomic mass is 28.4. The first-order valence-corrected chi connectivity index (χ1v) is 15.4. The van der Waals surface area contributed by atoms with Crippen molar-refractivity contribution in [1.82, 2.24) is 0 Å². The molecular formula is C17H30O5Si2. The van der Waals surface area contributed by atoms with Gasteiger partial charge in [0.05, 0.1) is 12.2 Å². The molecule has 0 heterocycles. The van der Waals surface area contributed by atoms with E-state index >= 15 is 0 Å². The van der Waals surface area contributed by atoms with Gasteiger partial charge in [-0.2, -0.15) is 0 Å². The van der Waals surface area contributed by atoms with E-state index in [0.29, 0.717) is 12.4 Å². The second-order valence-electron chi connectivity index (χ2n) is 8.32. The zero-order valence-electron chi connectivity index (χ0n) is 15.3. The summed E-state index contributed by atoms with van der Waals surface area (Å²) in [7, 11) is -2.28. The monoisotopic (exact) mass is 370 g/mol. The van der Waals surface area contributed by atoms with Crippen LogP contribution in [0, 0.1) is 0 Å². The van der Waals surface area contributed by atoms with Gasteiger partial charge in [0, 0.05) is 21.7 Å².